The molecule has 1 amide bonds. The van der Waals surface area contributed by atoms with Crippen molar-refractivity contribution in [3.05, 3.63) is 40.0 Å². The van der Waals surface area contributed by atoms with Gasteiger partial charge >= 0.3 is 0 Å². The van der Waals surface area contributed by atoms with E-state index in [2.05, 4.69) is 9.97 Å². The van der Waals surface area contributed by atoms with E-state index < -0.39 is 5.91 Å². The molecule has 0 aliphatic rings. The van der Waals surface area contributed by atoms with Crippen molar-refractivity contribution in [1.82, 2.24) is 9.97 Å². The van der Waals surface area contributed by atoms with Gasteiger partial charge in [-0.05, 0) is 32.0 Å². The second kappa shape index (κ2) is 6.94. The number of rotatable bonds is 5. The Bertz CT molecular complexity index is 702. The molecule has 0 spiro atoms. The van der Waals surface area contributed by atoms with Gasteiger partial charge in [-0.15, -0.1) is 0 Å². The van der Waals surface area contributed by atoms with Crippen LogP contribution in [0, 0.1) is 0 Å². The van der Waals surface area contributed by atoms with Crippen molar-refractivity contribution in [3.8, 4) is 11.3 Å². The normalized spacial score (nSPS) is 10.5. The van der Waals surface area contributed by atoms with Gasteiger partial charge in [-0.3, -0.25) is 4.79 Å². The number of nitrogens with two attached hydrogens (primary N) is 1. The summed E-state index contributed by atoms with van der Waals surface area (Å²) in [5, 5.41) is 0.876. The molecule has 0 bridgehead atoms. The third-order valence-electron chi connectivity index (χ3n) is 3.23. The van der Waals surface area contributed by atoms with E-state index in [1.165, 1.54) is 0 Å². The number of carbonyl (C=O) groups excluding carboxylic acids is 1. The van der Waals surface area contributed by atoms with E-state index in [1.54, 1.807) is 24.3 Å². The quantitative estimate of drug-likeness (QED) is 0.906. The molecule has 1 aromatic carbocycles. The number of primary amides is 1. The first-order chi connectivity index (χ1) is 10.5. The maximum absolute atomic E-state index is 11.5. The maximum atomic E-state index is 11.5. The van der Waals surface area contributed by atoms with Crippen LogP contribution in [-0.2, 0) is 0 Å². The Morgan fingerprint density at radius 1 is 1.14 bits per heavy atom. The summed E-state index contributed by atoms with van der Waals surface area (Å²) in [6.07, 6.45) is 0. The molecule has 0 unspecified atom stereocenters. The van der Waals surface area contributed by atoms with Crippen molar-refractivity contribution in [2.24, 2.45) is 5.73 Å². The first kappa shape index (κ1) is 16.5. The average Bonchev–Trinajstić information content (AvgIpc) is 2.51. The molecule has 5 nitrogen and oxygen atoms in total. The van der Waals surface area contributed by atoms with Crippen LogP contribution in [-0.4, -0.2) is 29.0 Å². The van der Waals surface area contributed by atoms with Gasteiger partial charge in [0.1, 0.15) is 5.69 Å². The molecule has 0 saturated carbocycles. The van der Waals surface area contributed by atoms with E-state index in [4.69, 9.17) is 28.9 Å². The molecule has 7 heteroatoms. The lowest BCUT2D eigenvalue weighted by Gasteiger charge is -2.19. The van der Waals surface area contributed by atoms with Crippen LogP contribution in [0.5, 0.6) is 0 Å². The molecule has 116 valence electrons. The van der Waals surface area contributed by atoms with E-state index >= 15 is 0 Å². The summed E-state index contributed by atoms with van der Waals surface area (Å²) in [4.78, 5) is 22.2. The van der Waals surface area contributed by atoms with E-state index in [9.17, 15) is 4.79 Å². The predicted octanol–water partition coefficient (Wildman–Crippen LogP) is 3.40. The van der Waals surface area contributed by atoms with Crippen molar-refractivity contribution in [3.63, 3.8) is 0 Å². The van der Waals surface area contributed by atoms with Crippen LogP contribution in [0.3, 0.4) is 0 Å². The van der Waals surface area contributed by atoms with Gasteiger partial charge in [-0.25, -0.2) is 9.97 Å². The van der Waals surface area contributed by atoms with Gasteiger partial charge in [0.05, 0.1) is 15.7 Å². The second-order valence-corrected chi connectivity index (χ2v) is 5.42. The zero-order chi connectivity index (χ0) is 16.3. The van der Waals surface area contributed by atoms with Crippen LogP contribution < -0.4 is 10.6 Å². The smallest absolute Gasteiger partial charge is 0.267 e. The summed E-state index contributed by atoms with van der Waals surface area (Å²) in [7, 11) is 0. The number of aromatic nitrogens is 2. The molecule has 2 aromatic rings. The first-order valence-corrected chi connectivity index (χ1v) is 7.61. The van der Waals surface area contributed by atoms with Crippen molar-refractivity contribution in [2.75, 3.05) is 18.0 Å². The Hall–Kier alpha value is -1.85. The molecule has 0 aliphatic carbocycles. The fourth-order valence-electron chi connectivity index (χ4n) is 2.01. The number of benzene rings is 1. The fourth-order valence-corrected chi connectivity index (χ4v) is 2.31. The minimum Gasteiger partial charge on any atom is -0.364 e. The van der Waals surface area contributed by atoms with Crippen molar-refractivity contribution in [1.29, 1.82) is 0 Å². The van der Waals surface area contributed by atoms with Crippen LogP contribution in [0.15, 0.2) is 24.3 Å². The predicted molar refractivity (Wildman–Crippen MR) is 89.6 cm³/mol. The van der Waals surface area contributed by atoms with Gasteiger partial charge in [0.25, 0.3) is 5.91 Å². The van der Waals surface area contributed by atoms with Crippen LogP contribution >= 0.6 is 23.2 Å². The lowest BCUT2D eigenvalue weighted by molar-refractivity contribution is 0.0995. The molecule has 0 saturated heterocycles. The molecule has 1 heterocycles. The SMILES string of the molecule is CCN(CC)c1nc(C(N)=O)cc(-c2ccc(Cl)c(Cl)c2)n1. The van der Waals surface area contributed by atoms with Crippen LogP contribution in [0.4, 0.5) is 5.95 Å². The van der Waals surface area contributed by atoms with E-state index in [1.807, 2.05) is 18.7 Å². The molecular weight excluding hydrogens is 323 g/mol. The third kappa shape index (κ3) is 3.48. The number of nitrogens with zero attached hydrogens (tertiary/aromatic N) is 3. The standard InChI is InChI=1S/C15H16Cl2N4O/c1-3-21(4-2)15-19-12(8-13(20-15)14(18)22)9-5-6-10(16)11(17)7-9/h5-8H,3-4H2,1-2H3,(H2,18,22). The lowest BCUT2D eigenvalue weighted by Crippen LogP contribution is -2.26. The van der Waals surface area contributed by atoms with Gasteiger partial charge in [0.2, 0.25) is 5.95 Å². The highest BCUT2D eigenvalue weighted by Crippen LogP contribution is 2.28. The van der Waals surface area contributed by atoms with Gasteiger partial charge in [0, 0.05) is 18.7 Å². The molecule has 0 aliphatic heterocycles. The average molecular weight is 339 g/mol. The largest absolute Gasteiger partial charge is 0.364 e. The van der Waals surface area contributed by atoms with Crippen LogP contribution in [0.1, 0.15) is 24.3 Å². The number of hydrogen-bond donors (Lipinski definition) is 1. The highest BCUT2D eigenvalue weighted by Gasteiger charge is 2.14. The highest BCUT2D eigenvalue weighted by atomic mass is 35.5. The lowest BCUT2D eigenvalue weighted by atomic mass is 10.1. The van der Waals surface area contributed by atoms with Crippen molar-refractivity contribution in [2.45, 2.75) is 13.8 Å². The summed E-state index contributed by atoms with van der Waals surface area (Å²) < 4.78 is 0. The summed E-state index contributed by atoms with van der Waals surface area (Å²) in [6.45, 7) is 5.42. The Kier molecular flexibility index (Phi) is 5.21. The van der Waals surface area contributed by atoms with E-state index in [0.717, 1.165) is 18.7 Å². The minimum atomic E-state index is -0.600. The number of anilines is 1. The third-order valence-corrected chi connectivity index (χ3v) is 3.97. The topological polar surface area (TPSA) is 72.1 Å². The molecule has 22 heavy (non-hydrogen) atoms. The summed E-state index contributed by atoms with van der Waals surface area (Å²) in [5.74, 6) is -0.139. The molecule has 2 N–H and O–H groups in total. The summed E-state index contributed by atoms with van der Waals surface area (Å²) in [6, 6.07) is 6.72. The van der Waals surface area contributed by atoms with Crippen molar-refractivity contribution < 1.29 is 4.79 Å². The van der Waals surface area contributed by atoms with Gasteiger partial charge in [-0.1, -0.05) is 29.3 Å². The van der Waals surface area contributed by atoms with Crippen molar-refractivity contribution >= 4 is 35.1 Å². The molecule has 0 atom stereocenters. The number of amides is 1. The van der Waals surface area contributed by atoms with E-state index in [0.29, 0.717) is 21.7 Å². The van der Waals surface area contributed by atoms with Crippen LogP contribution in [0.25, 0.3) is 11.3 Å². The Morgan fingerprint density at radius 3 is 2.36 bits per heavy atom. The van der Waals surface area contributed by atoms with Gasteiger partial charge < -0.3 is 10.6 Å². The molecular formula is C15H16Cl2N4O. The molecule has 2 rings (SSSR count). The van der Waals surface area contributed by atoms with Gasteiger partial charge in [0.15, 0.2) is 0 Å². The second-order valence-electron chi connectivity index (χ2n) is 4.60. The zero-order valence-electron chi connectivity index (χ0n) is 12.3. The Morgan fingerprint density at radius 2 is 1.82 bits per heavy atom. The zero-order valence-corrected chi connectivity index (χ0v) is 13.8. The number of carbonyl (C=O) groups is 1. The number of hydrogen-bond acceptors (Lipinski definition) is 4. The minimum absolute atomic E-state index is 0.165. The molecule has 1 aromatic heterocycles. The number of halogens is 2. The Balaban J connectivity index is 2.59. The fraction of sp³-hybridized carbons (Fsp3) is 0.267. The first-order valence-electron chi connectivity index (χ1n) is 6.85. The van der Waals surface area contributed by atoms with Gasteiger partial charge in [-0.2, -0.15) is 0 Å². The van der Waals surface area contributed by atoms with E-state index in [-0.39, 0.29) is 5.69 Å². The monoisotopic (exact) mass is 338 g/mol. The molecule has 0 radical (unpaired) electrons. The molecule has 0 fully saturated rings. The maximum Gasteiger partial charge on any atom is 0.267 e. The van der Waals surface area contributed by atoms with Crippen LogP contribution in [0.2, 0.25) is 10.0 Å². The highest BCUT2D eigenvalue weighted by molar-refractivity contribution is 6.42. The Labute approximate surface area is 139 Å². The summed E-state index contributed by atoms with van der Waals surface area (Å²) >= 11 is 12.0. The summed E-state index contributed by atoms with van der Waals surface area (Å²) in [5.41, 5.74) is 6.85.